The number of hydrogen-bond donors (Lipinski definition) is 1. The van der Waals surface area contributed by atoms with E-state index < -0.39 is 11.9 Å². The lowest BCUT2D eigenvalue weighted by molar-refractivity contribution is -0.142. The third-order valence-corrected chi connectivity index (χ3v) is 4.38. The highest BCUT2D eigenvalue weighted by atomic mass is 79.9. The van der Waals surface area contributed by atoms with Gasteiger partial charge in [-0.3, -0.25) is 9.59 Å². The number of rotatable bonds is 4. The third kappa shape index (κ3) is 3.89. The minimum absolute atomic E-state index is 0.0475. The van der Waals surface area contributed by atoms with E-state index in [-0.39, 0.29) is 25.0 Å². The van der Waals surface area contributed by atoms with Crippen molar-refractivity contribution in [1.82, 2.24) is 4.90 Å². The van der Waals surface area contributed by atoms with Crippen molar-refractivity contribution in [3.8, 4) is 5.75 Å². The van der Waals surface area contributed by atoms with Crippen LogP contribution in [0, 0.1) is 11.8 Å². The second-order valence-electron chi connectivity index (χ2n) is 5.08. The number of nitrogens with zero attached hydrogens (tertiary/aromatic N) is 1. The lowest BCUT2D eigenvalue weighted by Crippen LogP contribution is -2.33. The molecule has 1 N–H and O–H groups in total. The number of carbonyl (C=O) groups is 2. The number of ether oxygens (including phenoxy) is 1. The Morgan fingerprint density at radius 1 is 1.48 bits per heavy atom. The van der Waals surface area contributed by atoms with Gasteiger partial charge in [-0.2, -0.15) is 0 Å². The summed E-state index contributed by atoms with van der Waals surface area (Å²) in [6.07, 6.45) is 0. The number of benzene rings is 1. The van der Waals surface area contributed by atoms with Gasteiger partial charge in [0.15, 0.2) is 6.61 Å². The maximum absolute atomic E-state index is 12.1. The van der Waals surface area contributed by atoms with Crippen LogP contribution in [-0.4, -0.2) is 41.6 Å². The molecule has 7 heteroatoms. The zero-order valence-corrected chi connectivity index (χ0v) is 13.7. The molecule has 0 saturated carbocycles. The topological polar surface area (TPSA) is 66.8 Å². The molecule has 114 valence electrons. The van der Waals surface area contributed by atoms with Gasteiger partial charge in [-0.05, 0) is 40.0 Å². The molecule has 0 unspecified atom stereocenters. The Hall–Kier alpha value is -1.27. The van der Waals surface area contributed by atoms with Gasteiger partial charge in [0.25, 0.3) is 5.91 Å². The van der Waals surface area contributed by atoms with Crippen LogP contribution in [0.15, 0.2) is 22.7 Å². The molecule has 1 saturated heterocycles. The predicted octanol–water partition coefficient (Wildman–Crippen LogP) is 2.66. The van der Waals surface area contributed by atoms with Crippen LogP contribution in [0.2, 0.25) is 5.02 Å². The molecule has 5 nitrogen and oxygen atoms in total. The summed E-state index contributed by atoms with van der Waals surface area (Å²) < 4.78 is 6.12. The number of hydrogen-bond acceptors (Lipinski definition) is 3. The molecule has 0 bridgehead atoms. The van der Waals surface area contributed by atoms with Crippen LogP contribution in [0.5, 0.6) is 5.75 Å². The maximum atomic E-state index is 12.1. The van der Waals surface area contributed by atoms with Crippen LogP contribution in [0.25, 0.3) is 0 Å². The van der Waals surface area contributed by atoms with E-state index in [9.17, 15) is 9.59 Å². The molecule has 0 aromatic heterocycles. The molecular weight excluding hydrogens is 362 g/mol. The first-order valence-electron chi connectivity index (χ1n) is 6.47. The maximum Gasteiger partial charge on any atom is 0.308 e. The lowest BCUT2D eigenvalue weighted by Gasteiger charge is -2.16. The zero-order chi connectivity index (χ0) is 15.6. The molecule has 1 aliphatic rings. The highest BCUT2D eigenvalue weighted by Gasteiger charge is 2.36. The summed E-state index contributed by atoms with van der Waals surface area (Å²) >= 11 is 9.14. The molecule has 1 amide bonds. The molecule has 0 radical (unpaired) electrons. The molecule has 1 fully saturated rings. The molecule has 0 aliphatic carbocycles. The highest BCUT2D eigenvalue weighted by Crippen LogP contribution is 2.28. The summed E-state index contributed by atoms with van der Waals surface area (Å²) in [5.74, 6) is -1.11. The fourth-order valence-electron chi connectivity index (χ4n) is 2.31. The number of carboxylic acid groups (broad SMARTS) is 1. The Labute approximate surface area is 136 Å². The first-order valence-corrected chi connectivity index (χ1v) is 7.64. The molecule has 0 spiro atoms. The van der Waals surface area contributed by atoms with Gasteiger partial charge < -0.3 is 14.7 Å². The first-order chi connectivity index (χ1) is 9.88. The third-order valence-electron chi connectivity index (χ3n) is 3.53. The number of amides is 1. The molecular formula is C14H15BrClNO4. The van der Waals surface area contributed by atoms with Crippen LogP contribution in [0.1, 0.15) is 6.92 Å². The van der Waals surface area contributed by atoms with E-state index in [4.69, 9.17) is 21.4 Å². The van der Waals surface area contributed by atoms with Gasteiger partial charge in [-0.15, -0.1) is 0 Å². The molecule has 2 atom stereocenters. The fraction of sp³-hybridized carbons (Fsp3) is 0.429. The van der Waals surface area contributed by atoms with Gasteiger partial charge in [0, 0.05) is 18.1 Å². The van der Waals surface area contributed by atoms with Gasteiger partial charge in [0.2, 0.25) is 0 Å². The Bertz CT molecular complexity index is 566. The largest absolute Gasteiger partial charge is 0.483 e. The summed E-state index contributed by atoms with van der Waals surface area (Å²) in [5.41, 5.74) is 0. The molecule has 1 aliphatic heterocycles. The first kappa shape index (κ1) is 16.1. The summed E-state index contributed by atoms with van der Waals surface area (Å²) in [5, 5.41) is 9.63. The Morgan fingerprint density at radius 3 is 2.76 bits per heavy atom. The minimum atomic E-state index is -0.862. The van der Waals surface area contributed by atoms with Gasteiger partial charge in [0.1, 0.15) is 5.75 Å². The van der Waals surface area contributed by atoms with Gasteiger partial charge >= 0.3 is 5.97 Å². The minimum Gasteiger partial charge on any atom is -0.483 e. The average Bonchev–Trinajstić information content (AvgIpc) is 2.80. The van der Waals surface area contributed by atoms with Crippen LogP contribution < -0.4 is 4.74 Å². The van der Waals surface area contributed by atoms with E-state index in [1.807, 2.05) is 6.92 Å². The van der Waals surface area contributed by atoms with Crippen molar-refractivity contribution in [3.05, 3.63) is 27.7 Å². The normalized spacial score (nSPS) is 21.4. The fourth-order valence-corrected chi connectivity index (χ4v) is 3.11. The summed E-state index contributed by atoms with van der Waals surface area (Å²) in [6, 6.07) is 5.02. The van der Waals surface area contributed by atoms with Crippen molar-refractivity contribution in [1.29, 1.82) is 0 Å². The van der Waals surface area contributed by atoms with Crippen LogP contribution in [0.3, 0.4) is 0 Å². The van der Waals surface area contributed by atoms with Crippen LogP contribution in [0.4, 0.5) is 0 Å². The second-order valence-corrected chi connectivity index (χ2v) is 6.37. The number of carboxylic acids is 1. The van der Waals surface area contributed by atoms with Crippen molar-refractivity contribution in [3.63, 3.8) is 0 Å². The van der Waals surface area contributed by atoms with Gasteiger partial charge in [0.05, 0.1) is 10.4 Å². The van der Waals surface area contributed by atoms with Crippen molar-refractivity contribution in [2.45, 2.75) is 6.92 Å². The summed E-state index contributed by atoms with van der Waals surface area (Å²) in [6.45, 7) is 2.39. The number of aliphatic carboxylic acids is 1. The van der Waals surface area contributed by atoms with Gasteiger partial charge in [-0.25, -0.2) is 0 Å². The number of likely N-dealkylation sites (tertiary alicyclic amines) is 1. The molecule has 21 heavy (non-hydrogen) atoms. The molecule has 1 heterocycles. The number of carbonyl (C=O) groups excluding carboxylic acids is 1. The summed E-state index contributed by atoms with van der Waals surface area (Å²) in [4.78, 5) is 24.7. The van der Waals surface area contributed by atoms with E-state index in [2.05, 4.69) is 15.9 Å². The lowest BCUT2D eigenvalue weighted by atomic mass is 9.99. The molecule has 2 rings (SSSR count). The Balaban J connectivity index is 1.92. The van der Waals surface area contributed by atoms with Crippen LogP contribution in [-0.2, 0) is 9.59 Å². The molecule has 1 aromatic carbocycles. The predicted molar refractivity (Wildman–Crippen MR) is 81.5 cm³/mol. The molecule has 1 aromatic rings. The zero-order valence-electron chi connectivity index (χ0n) is 11.4. The van der Waals surface area contributed by atoms with E-state index in [1.165, 1.54) is 4.90 Å². The second kappa shape index (κ2) is 6.66. The monoisotopic (exact) mass is 375 g/mol. The van der Waals surface area contributed by atoms with Gasteiger partial charge in [-0.1, -0.05) is 18.5 Å². The number of halogens is 2. The van der Waals surface area contributed by atoms with Crippen molar-refractivity contribution >= 4 is 39.4 Å². The van der Waals surface area contributed by atoms with E-state index >= 15 is 0 Å². The van der Waals surface area contributed by atoms with Crippen molar-refractivity contribution in [2.24, 2.45) is 11.8 Å². The van der Waals surface area contributed by atoms with E-state index in [1.54, 1.807) is 18.2 Å². The smallest absolute Gasteiger partial charge is 0.308 e. The Kier molecular flexibility index (Phi) is 5.11. The van der Waals surface area contributed by atoms with E-state index in [0.29, 0.717) is 21.8 Å². The quantitative estimate of drug-likeness (QED) is 0.877. The van der Waals surface area contributed by atoms with E-state index in [0.717, 1.165) is 0 Å². The SMILES string of the molecule is C[C@@H]1CN(C(=O)COc2ccc(Cl)cc2Br)C[C@H]1C(=O)O. The van der Waals surface area contributed by atoms with Crippen molar-refractivity contribution < 1.29 is 19.4 Å². The summed E-state index contributed by atoms with van der Waals surface area (Å²) in [7, 11) is 0. The standard InChI is InChI=1S/C14H15BrClNO4/c1-8-5-17(6-10(8)14(19)20)13(18)7-21-12-3-2-9(16)4-11(12)15/h2-4,8,10H,5-7H2,1H3,(H,19,20)/t8-,10-/m1/s1. The highest BCUT2D eigenvalue weighted by molar-refractivity contribution is 9.10. The average molecular weight is 377 g/mol. The van der Waals surface area contributed by atoms with Crippen LogP contribution >= 0.6 is 27.5 Å². The Morgan fingerprint density at radius 2 is 2.19 bits per heavy atom. The van der Waals surface area contributed by atoms with Crippen molar-refractivity contribution in [2.75, 3.05) is 19.7 Å².